The highest BCUT2D eigenvalue weighted by Gasteiger charge is 2.56. The molecule has 0 radical (unpaired) electrons. The van der Waals surface area contributed by atoms with Crippen molar-refractivity contribution in [3.8, 4) is 0 Å². The number of nitrogens with zero attached hydrogens (tertiary/aromatic N) is 1. The number of carboxylic acid groups (broad SMARTS) is 1. The van der Waals surface area contributed by atoms with Crippen LogP contribution < -0.4 is 0 Å². The quantitative estimate of drug-likeness (QED) is 0.630. The Morgan fingerprint density at radius 3 is 2.48 bits per heavy atom. The van der Waals surface area contributed by atoms with Crippen LogP contribution >= 0.6 is 11.8 Å². The molecule has 2 heterocycles. The largest absolute Gasteiger partial charge is 0.521 e. The molecular formula is C17H22NO6S+. The van der Waals surface area contributed by atoms with Gasteiger partial charge in [-0.1, -0.05) is 11.8 Å². The van der Waals surface area contributed by atoms with Gasteiger partial charge in [-0.25, -0.2) is 4.79 Å². The van der Waals surface area contributed by atoms with E-state index in [9.17, 15) is 24.3 Å². The molecule has 4 atom stereocenters. The van der Waals surface area contributed by atoms with Gasteiger partial charge in [-0.15, -0.1) is 0 Å². The van der Waals surface area contributed by atoms with E-state index in [1.54, 1.807) is 13.0 Å². The fourth-order valence-corrected chi connectivity index (χ4v) is 4.30. The molecule has 0 spiro atoms. The molecule has 0 aromatic carbocycles. The van der Waals surface area contributed by atoms with Crippen molar-refractivity contribution < 1.29 is 33.2 Å². The van der Waals surface area contributed by atoms with E-state index in [0.717, 1.165) is 11.8 Å². The first-order chi connectivity index (χ1) is 11.7. The summed E-state index contributed by atoms with van der Waals surface area (Å²) in [7, 11) is 0. The summed E-state index contributed by atoms with van der Waals surface area (Å²) in [5.41, 5.74) is 0. The van der Waals surface area contributed by atoms with Crippen LogP contribution in [0, 0.1) is 5.92 Å². The number of carbonyl (C=O) groups is 4. The van der Waals surface area contributed by atoms with E-state index in [1.807, 2.05) is 0 Å². The van der Waals surface area contributed by atoms with Gasteiger partial charge in [0, 0.05) is 19.8 Å². The molecule has 0 aliphatic carbocycles. The predicted molar refractivity (Wildman–Crippen MR) is 91.1 cm³/mol. The average Bonchev–Trinajstić information content (AvgIpc) is 3.20. The van der Waals surface area contributed by atoms with Gasteiger partial charge in [0.2, 0.25) is 5.78 Å². The number of quaternary nitrogens is 1. The van der Waals surface area contributed by atoms with Crippen LogP contribution in [0.1, 0.15) is 44.2 Å². The number of carbonyl (C=O) groups excluding carboxylic acids is 3. The van der Waals surface area contributed by atoms with Crippen molar-refractivity contribution in [1.82, 2.24) is 0 Å². The van der Waals surface area contributed by atoms with Crippen LogP contribution in [-0.2, 0) is 9.59 Å². The first kappa shape index (κ1) is 19.4. The number of hydrogen-bond acceptors (Lipinski definition) is 6. The van der Waals surface area contributed by atoms with Crippen LogP contribution in [0.3, 0.4) is 0 Å². The summed E-state index contributed by atoms with van der Waals surface area (Å²) in [4.78, 5) is 49.3. The van der Waals surface area contributed by atoms with Crippen LogP contribution in [0.5, 0.6) is 0 Å². The minimum atomic E-state index is -1.21. The summed E-state index contributed by atoms with van der Waals surface area (Å²) in [5, 5.41) is 8.38. The topological polar surface area (TPSA) is 102 Å². The van der Waals surface area contributed by atoms with Gasteiger partial charge in [0.05, 0.1) is 24.0 Å². The van der Waals surface area contributed by atoms with Gasteiger partial charge in [-0.05, 0) is 26.0 Å². The SMILES string of the molecule is CC(=O)SC(C(=O)c1ccco1)C(C)C(=O)[N+]1(C(=O)O)CCC[C@H]1C. The smallest absolute Gasteiger partial charge is 0.461 e. The fourth-order valence-electron chi connectivity index (χ4n) is 3.40. The van der Waals surface area contributed by atoms with E-state index < -0.39 is 33.4 Å². The van der Waals surface area contributed by atoms with Crippen LogP contribution in [0.2, 0.25) is 0 Å². The molecule has 0 saturated carbocycles. The van der Waals surface area contributed by atoms with Crippen molar-refractivity contribution >= 4 is 34.7 Å². The molecule has 0 bridgehead atoms. The van der Waals surface area contributed by atoms with Gasteiger partial charge in [0.25, 0.3) is 0 Å². The molecule has 25 heavy (non-hydrogen) atoms. The number of thioether (sulfide) groups is 1. The Labute approximate surface area is 149 Å². The first-order valence-corrected chi connectivity index (χ1v) is 9.00. The second-order valence-electron chi connectivity index (χ2n) is 6.36. The number of imide groups is 1. The lowest BCUT2D eigenvalue weighted by Gasteiger charge is -2.33. The number of amides is 2. The molecule has 1 aromatic heterocycles. The maximum atomic E-state index is 13.1. The summed E-state index contributed by atoms with van der Waals surface area (Å²) in [6.07, 6.45) is 1.38. The van der Waals surface area contributed by atoms with Crippen LogP contribution in [-0.4, -0.2) is 50.3 Å². The van der Waals surface area contributed by atoms with E-state index in [4.69, 9.17) is 4.42 Å². The zero-order chi connectivity index (χ0) is 18.8. The molecule has 1 aromatic rings. The number of Topliss-reactive ketones (excluding diaryl/α,β-unsaturated/α-hetero) is 1. The number of likely N-dealkylation sites (tertiary alicyclic amines) is 1. The fraction of sp³-hybridized carbons (Fsp3) is 0.529. The third kappa shape index (κ3) is 3.55. The van der Waals surface area contributed by atoms with Gasteiger partial charge in [-0.2, -0.15) is 9.28 Å². The summed E-state index contributed by atoms with van der Waals surface area (Å²) in [5.74, 6) is -1.92. The van der Waals surface area contributed by atoms with Crippen LogP contribution in [0.4, 0.5) is 4.79 Å². The van der Waals surface area contributed by atoms with E-state index in [0.29, 0.717) is 12.8 Å². The predicted octanol–water partition coefficient (Wildman–Crippen LogP) is 2.95. The monoisotopic (exact) mass is 368 g/mol. The molecule has 2 rings (SSSR count). The molecular weight excluding hydrogens is 346 g/mol. The molecule has 7 nitrogen and oxygen atoms in total. The zero-order valence-corrected chi connectivity index (χ0v) is 15.2. The van der Waals surface area contributed by atoms with Gasteiger partial charge in [0.1, 0.15) is 6.04 Å². The summed E-state index contributed by atoms with van der Waals surface area (Å²) >= 11 is 0.741. The zero-order valence-electron chi connectivity index (χ0n) is 14.4. The number of hydrogen-bond donors (Lipinski definition) is 1. The third-order valence-electron chi connectivity index (χ3n) is 4.78. The molecule has 2 amide bonds. The number of rotatable bonds is 5. The highest BCUT2D eigenvalue weighted by molar-refractivity contribution is 8.14. The normalized spacial score (nSPS) is 25.3. The van der Waals surface area contributed by atoms with E-state index >= 15 is 0 Å². The van der Waals surface area contributed by atoms with E-state index in [-0.39, 0.29) is 23.5 Å². The van der Waals surface area contributed by atoms with Crippen LogP contribution in [0.15, 0.2) is 22.8 Å². The van der Waals surface area contributed by atoms with Crippen molar-refractivity contribution in [2.24, 2.45) is 5.92 Å². The van der Waals surface area contributed by atoms with Crippen molar-refractivity contribution in [3.05, 3.63) is 24.2 Å². The van der Waals surface area contributed by atoms with Gasteiger partial charge in [0.15, 0.2) is 10.9 Å². The minimum absolute atomic E-state index is 0.0507. The van der Waals surface area contributed by atoms with Crippen molar-refractivity contribution in [2.75, 3.05) is 6.54 Å². The molecule has 1 saturated heterocycles. The first-order valence-electron chi connectivity index (χ1n) is 8.12. The Hall–Kier alpha value is -1.93. The third-order valence-corrected chi connectivity index (χ3v) is 5.99. The van der Waals surface area contributed by atoms with E-state index in [1.165, 1.54) is 26.2 Å². The molecule has 1 aliphatic rings. The van der Waals surface area contributed by atoms with Gasteiger partial charge < -0.3 is 9.52 Å². The summed E-state index contributed by atoms with van der Waals surface area (Å²) in [6.45, 7) is 4.75. The van der Waals surface area contributed by atoms with Crippen molar-refractivity contribution in [1.29, 1.82) is 0 Å². The van der Waals surface area contributed by atoms with Gasteiger partial charge >= 0.3 is 12.0 Å². The number of ketones is 1. The number of furan rings is 1. The van der Waals surface area contributed by atoms with Crippen molar-refractivity contribution in [3.63, 3.8) is 0 Å². The van der Waals surface area contributed by atoms with Gasteiger partial charge in [-0.3, -0.25) is 9.59 Å². The van der Waals surface area contributed by atoms with Crippen LogP contribution in [0.25, 0.3) is 0 Å². The lowest BCUT2D eigenvalue weighted by Crippen LogP contribution is -2.61. The Morgan fingerprint density at radius 2 is 2.04 bits per heavy atom. The summed E-state index contributed by atoms with van der Waals surface area (Å²) < 4.78 is 4.41. The lowest BCUT2D eigenvalue weighted by molar-refractivity contribution is -0.794. The Morgan fingerprint density at radius 1 is 1.36 bits per heavy atom. The standard InChI is InChI=1S/C17H21NO6S/c1-10-6-4-8-18(10,17(22)23)16(21)11(2)15(25-12(3)19)14(20)13-7-5-9-24-13/h5,7,9-11,15H,4,6,8H2,1-3H3/p+1/t10-,11?,15?,18?/m1/s1. The van der Waals surface area contributed by atoms with E-state index in [2.05, 4.69) is 0 Å². The average molecular weight is 368 g/mol. The molecule has 8 heteroatoms. The Bertz CT molecular complexity index is 685. The lowest BCUT2D eigenvalue weighted by atomic mass is 9.99. The second-order valence-corrected chi connectivity index (χ2v) is 7.68. The summed E-state index contributed by atoms with van der Waals surface area (Å²) in [6, 6.07) is 2.64. The maximum absolute atomic E-state index is 13.1. The Kier molecular flexibility index (Phi) is 5.84. The maximum Gasteiger partial charge on any atom is 0.521 e. The molecule has 1 aliphatic heterocycles. The molecule has 1 N–H and O–H groups in total. The van der Waals surface area contributed by atoms with Crippen molar-refractivity contribution in [2.45, 2.75) is 44.9 Å². The minimum Gasteiger partial charge on any atom is -0.461 e. The Balaban J connectivity index is 2.36. The second kappa shape index (κ2) is 7.53. The molecule has 1 fully saturated rings. The molecule has 3 unspecified atom stereocenters. The highest BCUT2D eigenvalue weighted by Crippen LogP contribution is 2.34. The molecule has 136 valence electrons. The highest BCUT2D eigenvalue weighted by atomic mass is 32.2.